The van der Waals surface area contributed by atoms with Gasteiger partial charge in [-0.05, 0) is 31.6 Å². The van der Waals surface area contributed by atoms with Crippen LogP contribution in [-0.2, 0) is 9.53 Å². The average molecular weight is 253 g/mol. The smallest absolute Gasteiger partial charge is 0.326 e. The van der Waals surface area contributed by atoms with Crippen LogP contribution in [0.2, 0.25) is 0 Å². The minimum Gasteiger partial charge on any atom is -0.465 e. The van der Waals surface area contributed by atoms with Crippen LogP contribution in [0.25, 0.3) is 0 Å². The quantitative estimate of drug-likeness (QED) is 0.584. The predicted octanol–water partition coefficient (Wildman–Crippen LogP) is 2.91. The van der Waals surface area contributed by atoms with Crippen LogP contribution in [-0.4, -0.2) is 24.7 Å². The largest absolute Gasteiger partial charge is 0.465 e. The molecule has 0 saturated heterocycles. The van der Waals surface area contributed by atoms with E-state index >= 15 is 0 Å². The Morgan fingerprint density at radius 3 is 2.89 bits per heavy atom. The number of carbonyl (C=O) groups is 1. The van der Waals surface area contributed by atoms with Gasteiger partial charge in [0.15, 0.2) is 0 Å². The Hall–Kier alpha value is -0.830. The summed E-state index contributed by atoms with van der Waals surface area (Å²) in [7, 11) is 0. The maximum absolute atomic E-state index is 12.3. The number of esters is 1. The highest BCUT2D eigenvalue weighted by atomic mass is 16.5. The summed E-state index contributed by atoms with van der Waals surface area (Å²) in [5.41, 5.74) is -0.489. The molecular weight excluding hydrogens is 226 g/mol. The van der Waals surface area contributed by atoms with Crippen molar-refractivity contribution >= 4 is 5.97 Å². The molecule has 2 unspecified atom stereocenters. The molecule has 0 bridgehead atoms. The molecule has 0 aliphatic heterocycles. The molecule has 3 nitrogen and oxygen atoms in total. The van der Waals surface area contributed by atoms with Gasteiger partial charge in [-0.2, -0.15) is 0 Å². The van der Waals surface area contributed by atoms with Crippen molar-refractivity contribution < 1.29 is 9.53 Å². The van der Waals surface area contributed by atoms with Crippen LogP contribution in [0, 0.1) is 11.8 Å². The fourth-order valence-corrected chi connectivity index (χ4v) is 2.84. The second-order valence-electron chi connectivity index (χ2n) is 5.57. The first-order valence-corrected chi connectivity index (χ1v) is 7.09. The number of nitrogens with one attached hydrogen (secondary N) is 1. The number of rotatable bonds is 6. The fraction of sp³-hybridized carbons (Fsp3) is 0.800. The van der Waals surface area contributed by atoms with Crippen LogP contribution in [0.3, 0.4) is 0 Å². The summed E-state index contributed by atoms with van der Waals surface area (Å²) in [6.07, 6.45) is 5.88. The summed E-state index contributed by atoms with van der Waals surface area (Å²) in [6, 6.07) is 0. The van der Waals surface area contributed by atoms with Gasteiger partial charge in [0.2, 0.25) is 0 Å². The van der Waals surface area contributed by atoms with Crippen molar-refractivity contribution in [1.29, 1.82) is 0 Å². The van der Waals surface area contributed by atoms with Crippen LogP contribution in [0.5, 0.6) is 0 Å². The Morgan fingerprint density at radius 1 is 1.61 bits per heavy atom. The van der Waals surface area contributed by atoms with Crippen molar-refractivity contribution in [1.82, 2.24) is 5.32 Å². The summed E-state index contributed by atoms with van der Waals surface area (Å²) in [5.74, 6) is 1.13. The van der Waals surface area contributed by atoms with Gasteiger partial charge in [-0.3, -0.25) is 10.1 Å². The molecule has 18 heavy (non-hydrogen) atoms. The van der Waals surface area contributed by atoms with Gasteiger partial charge >= 0.3 is 5.97 Å². The Labute approximate surface area is 111 Å². The number of hydrogen-bond donors (Lipinski definition) is 1. The highest BCUT2D eigenvalue weighted by Gasteiger charge is 2.43. The molecule has 1 aliphatic carbocycles. The Kier molecular flexibility index (Phi) is 5.86. The Balaban J connectivity index is 2.81. The lowest BCUT2D eigenvalue weighted by atomic mass is 9.71. The minimum atomic E-state index is -0.489. The van der Waals surface area contributed by atoms with Gasteiger partial charge in [-0.15, -0.1) is 6.58 Å². The van der Waals surface area contributed by atoms with Crippen molar-refractivity contribution in [2.45, 2.75) is 52.0 Å². The van der Waals surface area contributed by atoms with Crippen molar-refractivity contribution in [2.24, 2.45) is 11.8 Å². The zero-order chi connectivity index (χ0) is 13.6. The third-order valence-electron chi connectivity index (χ3n) is 3.98. The summed E-state index contributed by atoms with van der Waals surface area (Å²) in [5, 5.41) is 3.36. The SMILES string of the molecule is C=CCNC1(C(=O)OCC)CCCC(C(C)C)C1. The van der Waals surface area contributed by atoms with Crippen molar-refractivity contribution in [2.75, 3.05) is 13.2 Å². The maximum atomic E-state index is 12.3. The molecule has 0 radical (unpaired) electrons. The topological polar surface area (TPSA) is 38.3 Å². The van der Waals surface area contributed by atoms with E-state index in [4.69, 9.17) is 4.74 Å². The first-order valence-electron chi connectivity index (χ1n) is 7.09. The molecule has 1 N–H and O–H groups in total. The van der Waals surface area contributed by atoms with Crippen molar-refractivity contribution in [3.8, 4) is 0 Å². The fourth-order valence-electron chi connectivity index (χ4n) is 2.84. The molecule has 0 amide bonds. The van der Waals surface area contributed by atoms with Gasteiger partial charge < -0.3 is 4.74 Å². The number of ether oxygens (including phenoxy) is 1. The minimum absolute atomic E-state index is 0.0859. The van der Waals surface area contributed by atoms with E-state index in [2.05, 4.69) is 25.7 Å². The number of hydrogen-bond acceptors (Lipinski definition) is 3. The molecule has 1 saturated carbocycles. The average Bonchev–Trinajstić information content (AvgIpc) is 2.37. The molecule has 0 aromatic rings. The predicted molar refractivity (Wildman–Crippen MR) is 74.4 cm³/mol. The second-order valence-corrected chi connectivity index (χ2v) is 5.57. The van der Waals surface area contributed by atoms with Gasteiger partial charge in [-0.1, -0.05) is 32.8 Å². The third kappa shape index (κ3) is 3.58. The van der Waals surface area contributed by atoms with Crippen molar-refractivity contribution in [3.63, 3.8) is 0 Å². The highest BCUT2D eigenvalue weighted by Crippen LogP contribution is 2.37. The summed E-state index contributed by atoms with van der Waals surface area (Å²) >= 11 is 0. The van der Waals surface area contributed by atoms with Gasteiger partial charge in [-0.25, -0.2) is 0 Å². The van der Waals surface area contributed by atoms with Crippen LogP contribution < -0.4 is 5.32 Å². The van der Waals surface area contributed by atoms with E-state index in [9.17, 15) is 4.79 Å². The van der Waals surface area contributed by atoms with E-state index in [1.54, 1.807) is 6.08 Å². The standard InChI is InChI=1S/C15H27NO2/c1-5-10-16-15(14(17)18-6-2)9-7-8-13(11-15)12(3)4/h5,12-13,16H,1,6-11H2,2-4H3. The Morgan fingerprint density at radius 2 is 2.33 bits per heavy atom. The lowest BCUT2D eigenvalue weighted by molar-refractivity contribution is -0.153. The first kappa shape index (κ1) is 15.2. The summed E-state index contributed by atoms with van der Waals surface area (Å²) < 4.78 is 5.27. The molecule has 1 aliphatic rings. The monoisotopic (exact) mass is 253 g/mol. The molecule has 1 fully saturated rings. The maximum Gasteiger partial charge on any atom is 0.326 e. The molecule has 2 atom stereocenters. The van der Waals surface area contributed by atoms with E-state index in [-0.39, 0.29) is 5.97 Å². The first-order chi connectivity index (χ1) is 8.55. The van der Waals surface area contributed by atoms with E-state index in [1.807, 2.05) is 6.92 Å². The van der Waals surface area contributed by atoms with E-state index in [1.165, 1.54) is 6.42 Å². The molecular formula is C15H27NO2. The van der Waals surface area contributed by atoms with Crippen LogP contribution in [0.1, 0.15) is 46.5 Å². The lowest BCUT2D eigenvalue weighted by Gasteiger charge is -2.40. The van der Waals surface area contributed by atoms with Gasteiger partial charge in [0.1, 0.15) is 5.54 Å². The molecule has 0 aromatic heterocycles. The zero-order valence-electron chi connectivity index (χ0n) is 12.0. The molecule has 0 aromatic carbocycles. The van der Waals surface area contributed by atoms with Crippen LogP contribution >= 0.6 is 0 Å². The molecule has 0 heterocycles. The molecule has 0 spiro atoms. The van der Waals surface area contributed by atoms with Gasteiger partial charge in [0.05, 0.1) is 6.61 Å². The second kappa shape index (κ2) is 6.93. The highest BCUT2D eigenvalue weighted by molar-refractivity contribution is 5.81. The summed E-state index contributed by atoms with van der Waals surface area (Å²) in [4.78, 5) is 12.3. The van der Waals surface area contributed by atoms with Crippen LogP contribution in [0.4, 0.5) is 0 Å². The Bertz CT molecular complexity index is 288. The molecule has 3 heteroatoms. The van der Waals surface area contributed by atoms with Crippen LogP contribution in [0.15, 0.2) is 12.7 Å². The zero-order valence-corrected chi connectivity index (χ0v) is 12.0. The lowest BCUT2D eigenvalue weighted by Crippen LogP contribution is -2.56. The van der Waals surface area contributed by atoms with Gasteiger partial charge in [0, 0.05) is 6.54 Å². The molecule has 104 valence electrons. The third-order valence-corrected chi connectivity index (χ3v) is 3.98. The van der Waals surface area contributed by atoms with Crippen molar-refractivity contribution in [3.05, 3.63) is 12.7 Å². The molecule has 1 rings (SSSR count). The van der Waals surface area contributed by atoms with E-state index in [0.29, 0.717) is 25.0 Å². The number of carbonyl (C=O) groups excluding carboxylic acids is 1. The summed E-state index contributed by atoms with van der Waals surface area (Å²) in [6.45, 7) is 11.2. The van der Waals surface area contributed by atoms with E-state index < -0.39 is 5.54 Å². The normalized spacial score (nSPS) is 28.1. The van der Waals surface area contributed by atoms with E-state index in [0.717, 1.165) is 19.3 Å². The van der Waals surface area contributed by atoms with Gasteiger partial charge in [0.25, 0.3) is 0 Å².